The van der Waals surface area contributed by atoms with Gasteiger partial charge in [-0.25, -0.2) is 4.85 Å². The zero-order chi connectivity index (χ0) is 44.0. The van der Waals surface area contributed by atoms with Gasteiger partial charge in [0.05, 0.1) is 12.1 Å². The average Bonchev–Trinajstić information content (AvgIpc) is 3.86. The molecule has 1 aliphatic carbocycles. The number of benzene rings is 3. The van der Waals surface area contributed by atoms with Gasteiger partial charge in [0, 0.05) is 116 Å². The quantitative estimate of drug-likeness (QED) is 0.0802. The van der Waals surface area contributed by atoms with Crippen molar-refractivity contribution in [2.24, 2.45) is 0 Å². The fraction of sp³-hybridized carbons (Fsp3) is 0.451. The third-order valence-electron chi connectivity index (χ3n) is 14.3. The van der Waals surface area contributed by atoms with Gasteiger partial charge in [-0.3, -0.25) is 34.2 Å². The van der Waals surface area contributed by atoms with E-state index in [0.717, 1.165) is 122 Å². The van der Waals surface area contributed by atoms with Gasteiger partial charge in [0.1, 0.15) is 6.04 Å². The topological polar surface area (TPSA) is 130 Å². The Morgan fingerprint density at radius 2 is 1.71 bits per heavy atom. The predicted molar refractivity (Wildman–Crippen MR) is 242 cm³/mol. The van der Waals surface area contributed by atoms with E-state index in [2.05, 4.69) is 69.7 Å². The molecule has 5 heterocycles. The maximum Gasteiger partial charge on any atom is 0.255 e. The highest BCUT2D eigenvalue weighted by Gasteiger charge is 2.42. The number of aromatic nitrogens is 1. The predicted octanol–water partition coefficient (Wildman–Crippen LogP) is 7.03. The van der Waals surface area contributed by atoms with Gasteiger partial charge in [0.2, 0.25) is 17.7 Å². The van der Waals surface area contributed by atoms with E-state index < -0.39 is 17.4 Å². The Kier molecular flexibility index (Phi) is 11.5. The number of hydrogen-bond donors (Lipinski definition) is 2. The molecule has 3 aromatic carbocycles. The molecule has 5 aliphatic rings. The molecule has 1 unspecified atom stereocenters. The molecule has 3 fully saturated rings. The van der Waals surface area contributed by atoms with Crippen LogP contribution in [0.3, 0.4) is 0 Å². The van der Waals surface area contributed by atoms with Crippen molar-refractivity contribution >= 4 is 51.7 Å². The summed E-state index contributed by atoms with van der Waals surface area (Å²) < 4.78 is 0. The van der Waals surface area contributed by atoms with E-state index in [1.54, 1.807) is 17.0 Å². The zero-order valence-electron chi connectivity index (χ0n) is 36.6. The SMILES string of the molecule is [C-]#[N+]c1ccc2c3c([nH]c2c1)C(C)(C)c1cc(N2CCC(N4CCN(C(=O)CCCCCC#Cc5cccc6c5CN(C5CCC(=O)NC5=O)C6=O)CC4)CC2)c(CC)cc1C3=O. The molecule has 1 aromatic heterocycles. The standard InChI is InChI=1S/C51H55N7O5/c1-5-32-28-38-40(51(2,3)48-46(47(38)61)37-17-16-34(52-4)29-41(37)53-48)30-43(32)56-22-20-35(21-23-56)55-24-26-57(27-25-55)45(60)15-10-8-6-7-9-12-33-13-11-14-36-39(33)31-58(50(36)63)42-18-19-44(59)54-49(42)62/h11,13-14,16-17,28-30,35,42,53H,5-8,10,15,18-27,31H2,1-3H3,(H,54,59,62). The number of piperidine rings is 2. The molecule has 1 atom stereocenters. The van der Waals surface area contributed by atoms with E-state index in [0.29, 0.717) is 43.1 Å². The van der Waals surface area contributed by atoms with Crippen LogP contribution >= 0.6 is 0 Å². The molecule has 0 saturated carbocycles. The molecule has 4 amide bonds. The van der Waals surface area contributed by atoms with Crippen molar-refractivity contribution in [2.45, 2.75) is 109 Å². The molecule has 12 nitrogen and oxygen atoms in total. The number of H-pyrrole nitrogens is 1. The van der Waals surface area contributed by atoms with Crippen LogP contribution in [0.15, 0.2) is 48.5 Å². The monoisotopic (exact) mass is 845 g/mol. The highest BCUT2D eigenvalue weighted by molar-refractivity contribution is 6.20. The maximum absolute atomic E-state index is 14.1. The molecule has 2 N–H and O–H groups in total. The van der Waals surface area contributed by atoms with Gasteiger partial charge in [-0.15, -0.1) is 0 Å². The second-order valence-electron chi connectivity index (χ2n) is 18.3. The molecule has 9 rings (SSSR count). The number of aromatic amines is 1. The summed E-state index contributed by atoms with van der Waals surface area (Å²) in [6.45, 7) is 19.5. The van der Waals surface area contributed by atoms with Gasteiger partial charge in [0.25, 0.3) is 5.91 Å². The smallest absolute Gasteiger partial charge is 0.255 e. The van der Waals surface area contributed by atoms with Crippen molar-refractivity contribution in [2.75, 3.05) is 44.2 Å². The van der Waals surface area contributed by atoms with Gasteiger partial charge in [0.15, 0.2) is 11.5 Å². The molecular weight excluding hydrogens is 791 g/mol. The number of unbranched alkanes of at least 4 members (excludes halogenated alkanes) is 3. The summed E-state index contributed by atoms with van der Waals surface area (Å²) in [5, 5.41) is 3.23. The second kappa shape index (κ2) is 17.1. The number of carbonyl (C=O) groups excluding carboxylic acids is 5. The third-order valence-corrected chi connectivity index (χ3v) is 14.3. The summed E-state index contributed by atoms with van der Waals surface area (Å²) in [4.78, 5) is 80.4. The maximum atomic E-state index is 14.1. The molecule has 12 heteroatoms. The van der Waals surface area contributed by atoms with Crippen molar-refractivity contribution in [3.05, 3.63) is 105 Å². The normalized spacial score (nSPS) is 19.9. The lowest BCUT2D eigenvalue weighted by molar-refractivity contribution is -0.137. The molecule has 0 radical (unpaired) electrons. The molecule has 3 saturated heterocycles. The number of nitrogens with one attached hydrogen (secondary N) is 2. The van der Waals surface area contributed by atoms with Crippen molar-refractivity contribution < 1.29 is 24.0 Å². The summed E-state index contributed by atoms with van der Waals surface area (Å²) in [7, 11) is 0. The number of amides is 4. The number of piperazine rings is 1. The first-order valence-electron chi connectivity index (χ1n) is 22.7. The Balaban J connectivity index is 0.728. The number of hydrogen-bond acceptors (Lipinski definition) is 7. The molecule has 0 bridgehead atoms. The zero-order valence-corrected chi connectivity index (χ0v) is 36.6. The molecule has 4 aliphatic heterocycles. The Morgan fingerprint density at radius 1 is 0.921 bits per heavy atom. The number of nitrogens with zero attached hydrogens (tertiary/aromatic N) is 5. The van der Waals surface area contributed by atoms with Crippen LogP contribution in [-0.2, 0) is 32.8 Å². The van der Waals surface area contributed by atoms with E-state index >= 15 is 0 Å². The fourth-order valence-electron chi connectivity index (χ4n) is 10.6. The van der Waals surface area contributed by atoms with E-state index in [1.807, 2.05) is 29.2 Å². The molecule has 4 aromatic rings. The Bertz CT molecular complexity index is 2640. The van der Waals surface area contributed by atoms with Crippen LogP contribution in [0.25, 0.3) is 15.7 Å². The van der Waals surface area contributed by atoms with Crippen LogP contribution < -0.4 is 10.2 Å². The lowest BCUT2D eigenvalue weighted by Gasteiger charge is -2.44. The second-order valence-corrected chi connectivity index (χ2v) is 18.3. The van der Waals surface area contributed by atoms with Crippen LogP contribution in [0.2, 0.25) is 0 Å². The number of carbonyl (C=O) groups is 5. The van der Waals surface area contributed by atoms with Crippen LogP contribution in [-0.4, -0.2) is 100 Å². The number of imide groups is 1. The minimum Gasteiger partial charge on any atom is -0.371 e. The minimum atomic E-state index is -0.647. The number of anilines is 1. The van der Waals surface area contributed by atoms with Crippen molar-refractivity contribution in [1.29, 1.82) is 0 Å². The number of aryl methyl sites for hydroxylation is 1. The van der Waals surface area contributed by atoms with Gasteiger partial charge in [-0.1, -0.05) is 57.2 Å². The lowest BCUT2D eigenvalue weighted by atomic mass is 9.70. The van der Waals surface area contributed by atoms with Gasteiger partial charge >= 0.3 is 0 Å². The average molecular weight is 846 g/mol. The van der Waals surface area contributed by atoms with Crippen molar-refractivity contribution in [1.82, 2.24) is 25.0 Å². The molecule has 63 heavy (non-hydrogen) atoms. The van der Waals surface area contributed by atoms with Gasteiger partial charge in [-0.2, -0.15) is 0 Å². The largest absolute Gasteiger partial charge is 0.371 e. The summed E-state index contributed by atoms with van der Waals surface area (Å²) in [6, 6.07) is 15.3. The Labute approximate surface area is 369 Å². The van der Waals surface area contributed by atoms with Crippen molar-refractivity contribution in [3.8, 4) is 11.8 Å². The summed E-state index contributed by atoms with van der Waals surface area (Å²) >= 11 is 0. The number of ketones is 1. The van der Waals surface area contributed by atoms with Crippen LogP contribution in [0.5, 0.6) is 0 Å². The summed E-state index contributed by atoms with van der Waals surface area (Å²) in [5.74, 6) is 5.87. The molecule has 0 spiro atoms. The molecule has 324 valence electrons. The van der Waals surface area contributed by atoms with Gasteiger partial charge < -0.3 is 19.7 Å². The molecular formula is C51H55N7O5. The van der Waals surface area contributed by atoms with E-state index in [-0.39, 0.29) is 29.9 Å². The van der Waals surface area contributed by atoms with Crippen LogP contribution in [0.4, 0.5) is 11.4 Å². The van der Waals surface area contributed by atoms with E-state index in [4.69, 9.17) is 6.57 Å². The lowest BCUT2D eigenvalue weighted by Crippen LogP contribution is -2.54. The minimum absolute atomic E-state index is 0.0525. The van der Waals surface area contributed by atoms with Crippen LogP contribution in [0.1, 0.15) is 133 Å². The summed E-state index contributed by atoms with van der Waals surface area (Å²) in [6.07, 6.45) is 7.38. The fourth-order valence-corrected chi connectivity index (χ4v) is 10.6. The third kappa shape index (κ3) is 7.80. The Hall–Kier alpha value is -6.24. The first kappa shape index (κ1) is 42.1. The number of fused-ring (bicyclic) bond motifs is 5. The number of rotatable bonds is 9. The highest BCUT2D eigenvalue weighted by Crippen LogP contribution is 2.46. The van der Waals surface area contributed by atoms with Crippen LogP contribution in [0, 0.1) is 18.4 Å². The Morgan fingerprint density at radius 3 is 2.46 bits per heavy atom. The van der Waals surface area contributed by atoms with Crippen molar-refractivity contribution in [3.63, 3.8) is 0 Å². The first-order valence-corrected chi connectivity index (χ1v) is 22.7. The van der Waals surface area contributed by atoms with Gasteiger partial charge in [-0.05, 0) is 85.5 Å². The first-order chi connectivity index (χ1) is 30.5. The van der Waals surface area contributed by atoms with E-state index in [9.17, 15) is 24.0 Å². The highest BCUT2D eigenvalue weighted by atomic mass is 16.2. The van der Waals surface area contributed by atoms with E-state index in [1.165, 1.54) is 11.3 Å². The summed E-state index contributed by atoms with van der Waals surface area (Å²) in [5.41, 5.74) is 9.08.